The predicted octanol–water partition coefficient (Wildman–Crippen LogP) is 4.51. The minimum atomic E-state index is -0.371. The van der Waals surface area contributed by atoms with Crippen molar-refractivity contribution >= 4 is 33.9 Å². The fourth-order valence-corrected chi connectivity index (χ4v) is 3.14. The molecule has 2 aromatic carbocycles. The molecule has 0 aliphatic rings. The molecule has 0 fully saturated rings. The van der Waals surface area contributed by atoms with E-state index in [0.717, 1.165) is 16.4 Å². The van der Waals surface area contributed by atoms with Gasteiger partial charge in [0.2, 0.25) is 0 Å². The number of nitrogens with one attached hydrogen (secondary N) is 3. The van der Waals surface area contributed by atoms with Crippen LogP contribution in [0.2, 0.25) is 0 Å². The lowest BCUT2D eigenvalue weighted by Crippen LogP contribution is -2.19. The number of urea groups is 1. The first kappa shape index (κ1) is 18.5. The van der Waals surface area contributed by atoms with E-state index in [0.29, 0.717) is 22.9 Å². The Kier molecular flexibility index (Phi) is 5.77. The van der Waals surface area contributed by atoms with Gasteiger partial charge in [0.15, 0.2) is 5.13 Å². The van der Waals surface area contributed by atoms with Crippen LogP contribution in [0.5, 0.6) is 11.5 Å². The quantitative estimate of drug-likeness (QED) is 0.582. The minimum absolute atomic E-state index is 0.371. The van der Waals surface area contributed by atoms with Crippen LogP contribution >= 0.6 is 11.3 Å². The molecule has 0 saturated carbocycles. The Labute approximate surface area is 161 Å². The maximum absolute atomic E-state index is 12.4. The molecule has 0 aliphatic heterocycles. The second-order valence-electron chi connectivity index (χ2n) is 5.51. The summed E-state index contributed by atoms with van der Waals surface area (Å²) in [4.78, 5) is 16.8. The molecule has 7 nitrogen and oxygen atoms in total. The first-order chi connectivity index (χ1) is 13.1. The first-order valence-corrected chi connectivity index (χ1v) is 9.04. The predicted molar refractivity (Wildman–Crippen MR) is 109 cm³/mol. The SMILES string of the molecule is CNc1nc(-c2cccc(NC(=O)Nc3ccc(OC)cc3OC)c2)cs1. The van der Waals surface area contributed by atoms with Gasteiger partial charge in [-0.15, -0.1) is 11.3 Å². The molecule has 0 bridgehead atoms. The van der Waals surface area contributed by atoms with Crippen LogP contribution in [0.15, 0.2) is 47.8 Å². The van der Waals surface area contributed by atoms with E-state index in [2.05, 4.69) is 20.9 Å². The summed E-state index contributed by atoms with van der Waals surface area (Å²) < 4.78 is 10.5. The van der Waals surface area contributed by atoms with E-state index in [-0.39, 0.29) is 6.03 Å². The zero-order valence-electron chi connectivity index (χ0n) is 15.2. The third-order valence-electron chi connectivity index (χ3n) is 3.79. The molecular weight excluding hydrogens is 364 g/mol. The highest BCUT2D eigenvalue weighted by Crippen LogP contribution is 2.30. The molecule has 140 valence electrons. The largest absolute Gasteiger partial charge is 0.497 e. The summed E-state index contributed by atoms with van der Waals surface area (Å²) in [6.45, 7) is 0. The standard InChI is InChI=1S/C19H20N4O3S/c1-20-19-23-16(11-27-19)12-5-4-6-13(9-12)21-18(24)22-15-8-7-14(25-2)10-17(15)26-3/h4-11H,1-3H3,(H,20,23)(H2,21,22,24). The van der Waals surface area contributed by atoms with Crippen LogP contribution in [-0.4, -0.2) is 32.3 Å². The van der Waals surface area contributed by atoms with Crippen molar-refractivity contribution in [1.29, 1.82) is 0 Å². The molecule has 1 aromatic heterocycles. The van der Waals surface area contributed by atoms with Crippen molar-refractivity contribution in [2.45, 2.75) is 0 Å². The first-order valence-electron chi connectivity index (χ1n) is 8.16. The van der Waals surface area contributed by atoms with Gasteiger partial charge in [-0.05, 0) is 24.3 Å². The van der Waals surface area contributed by atoms with E-state index >= 15 is 0 Å². The molecule has 0 aliphatic carbocycles. The van der Waals surface area contributed by atoms with Gasteiger partial charge in [-0.2, -0.15) is 0 Å². The third-order valence-corrected chi connectivity index (χ3v) is 4.65. The molecule has 2 amide bonds. The number of carbonyl (C=O) groups is 1. The Morgan fingerprint density at radius 2 is 1.93 bits per heavy atom. The van der Waals surface area contributed by atoms with E-state index in [9.17, 15) is 4.79 Å². The minimum Gasteiger partial charge on any atom is -0.497 e. The van der Waals surface area contributed by atoms with Gasteiger partial charge in [-0.25, -0.2) is 9.78 Å². The van der Waals surface area contributed by atoms with Gasteiger partial charge < -0.3 is 25.4 Å². The number of aromatic nitrogens is 1. The molecule has 0 spiro atoms. The zero-order chi connectivity index (χ0) is 19.2. The Balaban J connectivity index is 1.72. The van der Waals surface area contributed by atoms with Crippen LogP contribution in [0.4, 0.5) is 21.3 Å². The van der Waals surface area contributed by atoms with Crippen molar-refractivity contribution in [2.24, 2.45) is 0 Å². The summed E-state index contributed by atoms with van der Waals surface area (Å²) in [5.41, 5.74) is 2.99. The number of thiazole rings is 1. The number of hydrogen-bond donors (Lipinski definition) is 3. The highest BCUT2D eigenvalue weighted by molar-refractivity contribution is 7.14. The second kappa shape index (κ2) is 8.41. The molecule has 0 atom stereocenters. The van der Waals surface area contributed by atoms with Gasteiger partial charge in [-0.3, -0.25) is 0 Å². The van der Waals surface area contributed by atoms with Crippen molar-refractivity contribution in [3.8, 4) is 22.8 Å². The summed E-state index contributed by atoms with van der Waals surface area (Å²) in [5.74, 6) is 1.16. The number of ether oxygens (including phenoxy) is 2. The molecule has 3 N–H and O–H groups in total. The molecule has 27 heavy (non-hydrogen) atoms. The van der Waals surface area contributed by atoms with E-state index in [1.165, 1.54) is 18.4 Å². The molecule has 1 heterocycles. The average molecular weight is 384 g/mol. The summed E-state index contributed by atoms with van der Waals surface area (Å²) >= 11 is 1.53. The van der Waals surface area contributed by atoms with Gasteiger partial charge >= 0.3 is 6.03 Å². The number of anilines is 3. The summed E-state index contributed by atoms with van der Waals surface area (Å²) in [5, 5.41) is 11.4. The molecule has 0 radical (unpaired) electrons. The number of benzene rings is 2. The molecule has 3 aromatic rings. The van der Waals surface area contributed by atoms with E-state index < -0.39 is 0 Å². The van der Waals surface area contributed by atoms with Gasteiger partial charge in [-0.1, -0.05) is 12.1 Å². The molecule has 0 saturated heterocycles. The van der Waals surface area contributed by atoms with E-state index in [4.69, 9.17) is 9.47 Å². The third kappa shape index (κ3) is 4.48. The van der Waals surface area contributed by atoms with Crippen LogP contribution in [0, 0.1) is 0 Å². The Morgan fingerprint density at radius 1 is 1.07 bits per heavy atom. The Hall–Kier alpha value is -3.26. The summed E-state index contributed by atoms with van der Waals surface area (Å²) in [6.07, 6.45) is 0. The van der Waals surface area contributed by atoms with Crippen molar-refractivity contribution in [3.63, 3.8) is 0 Å². The molecule has 8 heteroatoms. The maximum atomic E-state index is 12.4. The summed E-state index contributed by atoms with van der Waals surface area (Å²) in [7, 11) is 4.94. The van der Waals surface area contributed by atoms with E-state index in [1.807, 2.05) is 36.7 Å². The lowest BCUT2D eigenvalue weighted by molar-refractivity contribution is 0.262. The lowest BCUT2D eigenvalue weighted by Gasteiger charge is -2.12. The van der Waals surface area contributed by atoms with Gasteiger partial charge in [0.05, 0.1) is 25.6 Å². The Morgan fingerprint density at radius 3 is 2.63 bits per heavy atom. The van der Waals surface area contributed by atoms with Crippen LogP contribution in [0.1, 0.15) is 0 Å². The van der Waals surface area contributed by atoms with Gasteiger partial charge in [0, 0.05) is 29.7 Å². The van der Waals surface area contributed by atoms with Crippen LogP contribution in [0.25, 0.3) is 11.3 Å². The number of carbonyl (C=O) groups excluding carboxylic acids is 1. The second-order valence-corrected chi connectivity index (χ2v) is 6.37. The highest BCUT2D eigenvalue weighted by Gasteiger charge is 2.10. The van der Waals surface area contributed by atoms with Crippen molar-refractivity contribution in [1.82, 2.24) is 4.98 Å². The molecule has 3 rings (SSSR count). The average Bonchev–Trinajstić information content (AvgIpc) is 3.18. The van der Waals surface area contributed by atoms with Gasteiger partial charge in [0.1, 0.15) is 11.5 Å². The molecular formula is C19H20N4O3S. The number of amides is 2. The van der Waals surface area contributed by atoms with E-state index in [1.54, 1.807) is 25.3 Å². The van der Waals surface area contributed by atoms with Crippen molar-refractivity contribution < 1.29 is 14.3 Å². The fourth-order valence-electron chi connectivity index (χ4n) is 2.46. The number of nitrogens with zero attached hydrogens (tertiary/aromatic N) is 1. The van der Waals surface area contributed by atoms with Crippen LogP contribution in [-0.2, 0) is 0 Å². The number of hydrogen-bond acceptors (Lipinski definition) is 6. The van der Waals surface area contributed by atoms with Gasteiger partial charge in [0.25, 0.3) is 0 Å². The molecule has 0 unspecified atom stereocenters. The normalized spacial score (nSPS) is 10.2. The van der Waals surface area contributed by atoms with Crippen LogP contribution < -0.4 is 25.4 Å². The summed E-state index contributed by atoms with van der Waals surface area (Å²) in [6, 6.07) is 12.3. The zero-order valence-corrected chi connectivity index (χ0v) is 16.0. The van der Waals surface area contributed by atoms with Crippen LogP contribution in [0.3, 0.4) is 0 Å². The van der Waals surface area contributed by atoms with Crippen molar-refractivity contribution in [2.75, 3.05) is 37.2 Å². The van der Waals surface area contributed by atoms with Crippen molar-refractivity contribution in [3.05, 3.63) is 47.8 Å². The highest BCUT2D eigenvalue weighted by atomic mass is 32.1. The monoisotopic (exact) mass is 384 g/mol. The number of rotatable bonds is 6. The topological polar surface area (TPSA) is 84.5 Å². The Bertz CT molecular complexity index is 942. The fraction of sp³-hybridized carbons (Fsp3) is 0.158. The maximum Gasteiger partial charge on any atom is 0.323 e. The number of methoxy groups -OCH3 is 2. The lowest BCUT2D eigenvalue weighted by atomic mass is 10.1. The smallest absolute Gasteiger partial charge is 0.323 e.